The summed E-state index contributed by atoms with van der Waals surface area (Å²) in [7, 11) is 3.46. The summed E-state index contributed by atoms with van der Waals surface area (Å²) in [6.07, 6.45) is 0. The smallest absolute Gasteiger partial charge is 0.253 e. The minimum atomic E-state index is -0.0478. The molecule has 2 aromatic rings. The molecule has 0 aliphatic rings. The van der Waals surface area contributed by atoms with Crippen LogP contribution in [0.3, 0.4) is 0 Å². The zero-order valence-corrected chi connectivity index (χ0v) is 14.4. The summed E-state index contributed by atoms with van der Waals surface area (Å²) in [5, 5.41) is 12.4. The van der Waals surface area contributed by atoms with Crippen LogP contribution in [-0.2, 0) is 13.2 Å². The molecule has 0 radical (unpaired) electrons. The fourth-order valence-corrected chi connectivity index (χ4v) is 2.30. The molecule has 0 atom stereocenters. The van der Waals surface area contributed by atoms with Gasteiger partial charge in [0.15, 0.2) is 0 Å². The maximum atomic E-state index is 12.1. The van der Waals surface area contributed by atoms with Gasteiger partial charge >= 0.3 is 0 Å². The number of benzene rings is 2. The Morgan fingerprint density at radius 1 is 1.12 bits per heavy atom. The molecule has 0 saturated carbocycles. The fourth-order valence-electron chi connectivity index (χ4n) is 2.30. The molecule has 2 rings (SSSR count). The lowest BCUT2D eigenvalue weighted by Gasteiger charge is -2.16. The molecule has 2 aromatic carbocycles. The number of amides is 1. The van der Waals surface area contributed by atoms with Crippen molar-refractivity contribution < 1.29 is 14.6 Å². The lowest BCUT2D eigenvalue weighted by Crippen LogP contribution is -2.21. The lowest BCUT2D eigenvalue weighted by molar-refractivity contribution is 0.0827. The molecule has 0 heterocycles. The predicted octanol–water partition coefficient (Wildman–Crippen LogP) is 2.89. The number of aliphatic hydroxyl groups excluding tert-OH is 1. The average Bonchev–Trinajstić information content (AvgIpc) is 2.60. The van der Waals surface area contributed by atoms with E-state index in [0.717, 1.165) is 22.6 Å². The molecule has 5 heteroatoms. The van der Waals surface area contributed by atoms with Crippen molar-refractivity contribution >= 4 is 11.6 Å². The van der Waals surface area contributed by atoms with Crippen molar-refractivity contribution in [1.82, 2.24) is 4.90 Å². The summed E-state index contributed by atoms with van der Waals surface area (Å²) in [4.78, 5) is 13.7. The number of rotatable bonds is 7. The topological polar surface area (TPSA) is 61.8 Å². The first kappa shape index (κ1) is 17.8. The molecule has 128 valence electrons. The quantitative estimate of drug-likeness (QED) is 0.820. The highest BCUT2D eigenvalue weighted by molar-refractivity contribution is 5.95. The van der Waals surface area contributed by atoms with Crippen molar-refractivity contribution in [3.63, 3.8) is 0 Å². The molecule has 0 spiro atoms. The summed E-state index contributed by atoms with van der Waals surface area (Å²) in [5.41, 5.74) is 3.36. The second-order valence-corrected chi connectivity index (χ2v) is 5.67. The first-order valence-corrected chi connectivity index (χ1v) is 7.96. The normalized spacial score (nSPS) is 10.3. The van der Waals surface area contributed by atoms with Gasteiger partial charge in [0.2, 0.25) is 0 Å². The maximum absolute atomic E-state index is 12.1. The van der Waals surface area contributed by atoms with Gasteiger partial charge in [0, 0.05) is 26.2 Å². The van der Waals surface area contributed by atoms with Gasteiger partial charge in [-0.05, 0) is 36.2 Å². The Kier molecular flexibility index (Phi) is 6.21. The van der Waals surface area contributed by atoms with Crippen LogP contribution in [0.25, 0.3) is 0 Å². The lowest BCUT2D eigenvalue weighted by atomic mass is 10.1. The van der Waals surface area contributed by atoms with Crippen LogP contribution in [-0.4, -0.2) is 36.6 Å². The van der Waals surface area contributed by atoms with Gasteiger partial charge in [0.25, 0.3) is 5.91 Å². The first-order valence-electron chi connectivity index (χ1n) is 7.96. The van der Waals surface area contributed by atoms with Crippen LogP contribution in [0.15, 0.2) is 42.5 Å². The van der Waals surface area contributed by atoms with E-state index < -0.39 is 0 Å². The van der Waals surface area contributed by atoms with Crippen molar-refractivity contribution in [1.29, 1.82) is 0 Å². The Morgan fingerprint density at radius 3 is 2.38 bits per heavy atom. The fraction of sp³-hybridized carbons (Fsp3) is 0.316. The number of hydrogen-bond donors (Lipinski definition) is 2. The number of ether oxygens (including phenoxy) is 1. The van der Waals surface area contributed by atoms with Crippen molar-refractivity contribution in [3.8, 4) is 5.75 Å². The first-order chi connectivity index (χ1) is 11.5. The zero-order valence-electron chi connectivity index (χ0n) is 14.4. The van der Waals surface area contributed by atoms with E-state index in [2.05, 4.69) is 5.32 Å². The molecular formula is C19H24N2O3. The summed E-state index contributed by atoms with van der Waals surface area (Å²) in [5.74, 6) is 0.674. The molecule has 0 aliphatic heterocycles. The SMILES string of the molecule is CCOc1ccc(C(=O)N(C)C)cc1NCc1ccc(CO)cc1. The van der Waals surface area contributed by atoms with Crippen LogP contribution in [0.2, 0.25) is 0 Å². The molecule has 2 N–H and O–H groups in total. The number of anilines is 1. The Labute approximate surface area is 142 Å². The number of nitrogens with zero attached hydrogens (tertiary/aromatic N) is 1. The van der Waals surface area contributed by atoms with Crippen LogP contribution in [0.5, 0.6) is 5.75 Å². The minimum Gasteiger partial charge on any atom is -0.492 e. The molecule has 0 fully saturated rings. The molecular weight excluding hydrogens is 304 g/mol. The predicted molar refractivity (Wildman–Crippen MR) is 95.3 cm³/mol. The van der Waals surface area contributed by atoms with Gasteiger partial charge in [0.1, 0.15) is 5.75 Å². The summed E-state index contributed by atoms with van der Waals surface area (Å²) >= 11 is 0. The zero-order chi connectivity index (χ0) is 17.5. The third-order valence-electron chi connectivity index (χ3n) is 3.62. The van der Waals surface area contributed by atoms with Gasteiger partial charge in [0.05, 0.1) is 18.9 Å². The Bertz CT molecular complexity index is 682. The molecule has 0 unspecified atom stereocenters. The molecule has 0 aromatic heterocycles. The molecule has 0 bridgehead atoms. The van der Waals surface area contributed by atoms with Gasteiger partial charge in [-0.1, -0.05) is 24.3 Å². The maximum Gasteiger partial charge on any atom is 0.253 e. The van der Waals surface area contributed by atoms with Crippen molar-refractivity contribution in [2.75, 3.05) is 26.0 Å². The highest BCUT2D eigenvalue weighted by Crippen LogP contribution is 2.27. The van der Waals surface area contributed by atoms with Crippen LogP contribution < -0.4 is 10.1 Å². The second-order valence-electron chi connectivity index (χ2n) is 5.67. The third kappa shape index (κ3) is 4.49. The highest BCUT2D eigenvalue weighted by Gasteiger charge is 2.12. The van der Waals surface area contributed by atoms with Crippen molar-refractivity contribution in [2.45, 2.75) is 20.1 Å². The molecule has 1 amide bonds. The number of nitrogens with one attached hydrogen (secondary N) is 1. The standard InChI is InChI=1S/C19H24N2O3/c1-4-24-18-10-9-16(19(23)21(2)3)11-17(18)20-12-14-5-7-15(13-22)8-6-14/h5-11,20,22H,4,12-13H2,1-3H3. The van der Waals surface area contributed by atoms with Crippen LogP contribution in [0.1, 0.15) is 28.4 Å². The second kappa shape index (κ2) is 8.36. The summed E-state index contributed by atoms with van der Waals surface area (Å²) in [6.45, 7) is 3.12. The summed E-state index contributed by atoms with van der Waals surface area (Å²) < 4.78 is 5.64. The monoisotopic (exact) mass is 328 g/mol. The Balaban J connectivity index is 2.18. The average molecular weight is 328 g/mol. The van der Waals surface area contributed by atoms with E-state index in [1.807, 2.05) is 43.3 Å². The number of aliphatic hydroxyl groups is 1. The van der Waals surface area contributed by atoms with Crippen molar-refractivity contribution in [3.05, 3.63) is 59.2 Å². The van der Waals surface area contributed by atoms with Gasteiger partial charge in [-0.25, -0.2) is 0 Å². The minimum absolute atomic E-state index is 0.0386. The van der Waals surface area contributed by atoms with Gasteiger partial charge in [-0.3, -0.25) is 4.79 Å². The van der Waals surface area contributed by atoms with Gasteiger partial charge in [-0.15, -0.1) is 0 Å². The largest absolute Gasteiger partial charge is 0.492 e. The molecule has 5 nitrogen and oxygen atoms in total. The van der Waals surface area contributed by atoms with Crippen LogP contribution >= 0.6 is 0 Å². The van der Waals surface area contributed by atoms with E-state index in [1.54, 1.807) is 25.1 Å². The number of carbonyl (C=O) groups is 1. The van der Waals surface area contributed by atoms with E-state index in [1.165, 1.54) is 0 Å². The van der Waals surface area contributed by atoms with E-state index in [4.69, 9.17) is 9.84 Å². The van der Waals surface area contributed by atoms with Crippen molar-refractivity contribution in [2.24, 2.45) is 0 Å². The van der Waals surface area contributed by atoms with E-state index >= 15 is 0 Å². The van der Waals surface area contributed by atoms with E-state index in [-0.39, 0.29) is 12.5 Å². The van der Waals surface area contributed by atoms with Crippen LogP contribution in [0.4, 0.5) is 5.69 Å². The number of carbonyl (C=O) groups excluding carboxylic acids is 1. The molecule has 24 heavy (non-hydrogen) atoms. The van der Waals surface area contributed by atoms with Gasteiger partial charge in [-0.2, -0.15) is 0 Å². The Hall–Kier alpha value is -2.53. The number of hydrogen-bond acceptors (Lipinski definition) is 4. The van der Waals surface area contributed by atoms with Crippen LogP contribution in [0, 0.1) is 0 Å². The third-order valence-corrected chi connectivity index (χ3v) is 3.62. The van der Waals surface area contributed by atoms with E-state index in [0.29, 0.717) is 18.7 Å². The molecule has 0 aliphatic carbocycles. The van der Waals surface area contributed by atoms with Gasteiger partial charge < -0.3 is 20.1 Å². The highest BCUT2D eigenvalue weighted by atomic mass is 16.5. The Morgan fingerprint density at radius 2 is 1.79 bits per heavy atom. The van der Waals surface area contributed by atoms with E-state index in [9.17, 15) is 4.79 Å². The summed E-state index contributed by atoms with van der Waals surface area (Å²) in [6, 6.07) is 13.1. The molecule has 0 saturated heterocycles.